The van der Waals surface area contributed by atoms with Gasteiger partial charge in [0.1, 0.15) is 0 Å². The van der Waals surface area contributed by atoms with Crippen LogP contribution in [0.15, 0.2) is 42.2 Å². The summed E-state index contributed by atoms with van der Waals surface area (Å²) in [5.74, 6) is 0.812. The van der Waals surface area contributed by atoms with Crippen LogP contribution in [-0.4, -0.2) is 38.7 Å². The van der Waals surface area contributed by atoms with E-state index >= 15 is 0 Å². The molecule has 1 fully saturated rings. The molecule has 0 spiro atoms. The predicted octanol–water partition coefficient (Wildman–Crippen LogP) is 2.89. The Labute approximate surface area is 155 Å². The topological polar surface area (TPSA) is 75.9 Å². The third-order valence-corrected chi connectivity index (χ3v) is 5.52. The zero-order chi connectivity index (χ0) is 17.9. The molecule has 0 bridgehead atoms. The fourth-order valence-corrected chi connectivity index (χ4v) is 3.92. The number of rotatable bonds is 4. The number of thiazole rings is 1. The lowest BCUT2D eigenvalue weighted by Gasteiger charge is -2.31. The molecule has 4 heterocycles. The number of carbonyl (C=O) groups is 1. The van der Waals surface area contributed by atoms with Crippen LogP contribution in [0.5, 0.6) is 0 Å². The van der Waals surface area contributed by atoms with Crippen LogP contribution in [0.25, 0.3) is 5.82 Å². The molecular formula is C18H20N6OS. The van der Waals surface area contributed by atoms with E-state index in [1.54, 1.807) is 28.4 Å². The lowest BCUT2D eigenvalue weighted by atomic mass is 9.96. The molecule has 7 nitrogen and oxygen atoms in total. The maximum absolute atomic E-state index is 12.5. The van der Waals surface area contributed by atoms with Gasteiger partial charge in [0.25, 0.3) is 0 Å². The first-order valence-electron chi connectivity index (χ1n) is 8.63. The van der Waals surface area contributed by atoms with E-state index in [9.17, 15) is 4.79 Å². The molecule has 26 heavy (non-hydrogen) atoms. The Morgan fingerprint density at radius 1 is 1.31 bits per heavy atom. The zero-order valence-electron chi connectivity index (χ0n) is 14.5. The van der Waals surface area contributed by atoms with Crippen molar-refractivity contribution in [3.63, 3.8) is 0 Å². The fraction of sp³-hybridized carbons (Fsp3) is 0.333. The van der Waals surface area contributed by atoms with Gasteiger partial charge in [0.2, 0.25) is 5.91 Å². The van der Waals surface area contributed by atoms with Crippen molar-refractivity contribution < 1.29 is 4.79 Å². The normalized spacial score (nSPS) is 15.2. The average molecular weight is 368 g/mol. The Bertz CT molecular complexity index is 865. The quantitative estimate of drug-likeness (QED) is 0.766. The number of anilines is 2. The molecule has 0 aromatic carbocycles. The van der Waals surface area contributed by atoms with E-state index in [1.807, 2.05) is 31.3 Å². The van der Waals surface area contributed by atoms with E-state index < -0.39 is 0 Å². The molecule has 1 aliphatic heterocycles. The van der Waals surface area contributed by atoms with Gasteiger partial charge in [-0.3, -0.25) is 4.79 Å². The molecule has 3 aromatic rings. The molecule has 134 valence electrons. The monoisotopic (exact) mass is 368 g/mol. The molecule has 0 aliphatic carbocycles. The minimum Gasteiger partial charge on any atom is -0.348 e. The highest BCUT2D eigenvalue weighted by Gasteiger charge is 2.26. The Morgan fingerprint density at radius 3 is 2.77 bits per heavy atom. The molecule has 1 amide bonds. The largest absolute Gasteiger partial charge is 0.348 e. The highest BCUT2D eigenvalue weighted by molar-refractivity contribution is 7.13. The summed E-state index contributed by atoms with van der Waals surface area (Å²) in [6.07, 6.45) is 6.88. The molecule has 8 heteroatoms. The number of hydrogen-bond acceptors (Lipinski definition) is 6. The van der Waals surface area contributed by atoms with Crippen LogP contribution < -0.4 is 10.2 Å². The molecule has 0 atom stereocenters. The van der Waals surface area contributed by atoms with Gasteiger partial charge in [-0.2, -0.15) is 5.10 Å². The van der Waals surface area contributed by atoms with Crippen molar-refractivity contribution in [2.75, 3.05) is 23.3 Å². The second kappa shape index (κ2) is 7.25. The first kappa shape index (κ1) is 16.7. The summed E-state index contributed by atoms with van der Waals surface area (Å²) in [5.41, 5.74) is 1.76. The van der Waals surface area contributed by atoms with Gasteiger partial charge in [-0.05, 0) is 38.0 Å². The van der Waals surface area contributed by atoms with Crippen LogP contribution in [0.3, 0.4) is 0 Å². The minimum absolute atomic E-state index is 0.0260. The predicted molar refractivity (Wildman–Crippen MR) is 102 cm³/mol. The molecule has 1 aliphatic rings. The van der Waals surface area contributed by atoms with Gasteiger partial charge in [0, 0.05) is 36.8 Å². The molecule has 1 N–H and O–H groups in total. The number of aryl methyl sites for hydroxylation is 1. The van der Waals surface area contributed by atoms with Crippen molar-refractivity contribution in [1.82, 2.24) is 19.7 Å². The summed E-state index contributed by atoms with van der Waals surface area (Å²) in [4.78, 5) is 23.7. The number of pyridine rings is 1. The maximum Gasteiger partial charge on any atom is 0.227 e. The van der Waals surface area contributed by atoms with E-state index in [1.165, 1.54) is 0 Å². The van der Waals surface area contributed by atoms with Gasteiger partial charge in [-0.25, -0.2) is 14.6 Å². The number of nitrogens with zero attached hydrogens (tertiary/aromatic N) is 5. The molecule has 3 aromatic heterocycles. The summed E-state index contributed by atoms with van der Waals surface area (Å²) >= 11 is 1.67. The van der Waals surface area contributed by atoms with E-state index in [0.717, 1.165) is 42.6 Å². The van der Waals surface area contributed by atoms with Gasteiger partial charge in [-0.15, -0.1) is 11.3 Å². The van der Waals surface area contributed by atoms with Crippen molar-refractivity contribution in [2.45, 2.75) is 19.8 Å². The maximum atomic E-state index is 12.5. The molecule has 0 saturated carbocycles. The summed E-state index contributed by atoms with van der Waals surface area (Å²) < 4.78 is 1.68. The van der Waals surface area contributed by atoms with Crippen molar-refractivity contribution in [2.24, 2.45) is 5.92 Å². The minimum atomic E-state index is 0.0260. The van der Waals surface area contributed by atoms with Crippen molar-refractivity contribution >= 4 is 28.1 Å². The highest BCUT2D eigenvalue weighted by Crippen LogP contribution is 2.26. The van der Waals surface area contributed by atoms with Gasteiger partial charge in [0.05, 0.1) is 17.6 Å². The highest BCUT2D eigenvalue weighted by atomic mass is 32.1. The van der Waals surface area contributed by atoms with Crippen molar-refractivity contribution in [3.05, 3.63) is 47.9 Å². The summed E-state index contributed by atoms with van der Waals surface area (Å²) in [6.45, 7) is 3.73. The molecule has 0 radical (unpaired) electrons. The number of carbonyl (C=O) groups excluding carboxylic acids is 1. The molecule has 1 saturated heterocycles. The van der Waals surface area contributed by atoms with E-state index in [2.05, 4.69) is 30.7 Å². The average Bonchev–Trinajstić information content (AvgIpc) is 3.34. The number of aromatic nitrogens is 4. The van der Waals surface area contributed by atoms with Crippen LogP contribution in [0.2, 0.25) is 0 Å². The van der Waals surface area contributed by atoms with Crippen LogP contribution in [0.1, 0.15) is 18.5 Å². The number of nitrogens with one attached hydrogen (secondary N) is 1. The summed E-state index contributed by atoms with van der Waals surface area (Å²) in [6, 6.07) is 5.54. The Morgan fingerprint density at radius 2 is 2.15 bits per heavy atom. The standard InChI is InChI=1S/C18H20N6OS/c1-13-12-26-18(21-13)23-9-5-14(6-10-23)17(25)22-15-3-4-16(19-11-15)24-8-2-7-20-24/h2-4,7-8,11-12,14H,5-6,9-10H2,1H3,(H,22,25). The third-order valence-electron chi connectivity index (χ3n) is 4.50. The van der Waals surface area contributed by atoms with Crippen molar-refractivity contribution in [3.8, 4) is 5.82 Å². The number of amides is 1. The Hall–Kier alpha value is -2.74. The molecule has 4 rings (SSSR count). The van der Waals surface area contributed by atoms with Gasteiger partial charge in [-0.1, -0.05) is 0 Å². The van der Waals surface area contributed by atoms with Crippen molar-refractivity contribution in [1.29, 1.82) is 0 Å². The first-order chi connectivity index (χ1) is 12.7. The lowest BCUT2D eigenvalue weighted by molar-refractivity contribution is -0.120. The smallest absolute Gasteiger partial charge is 0.227 e. The van der Waals surface area contributed by atoms with Gasteiger partial charge in [0.15, 0.2) is 10.9 Å². The molecular weight excluding hydrogens is 348 g/mol. The second-order valence-corrected chi connectivity index (χ2v) is 7.21. The van der Waals surface area contributed by atoms with Crippen LogP contribution >= 0.6 is 11.3 Å². The van der Waals surface area contributed by atoms with Crippen LogP contribution in [0.4, 0.5) is 10.8 Å². The van der Waals surface area contributed by atoms with Gasteiger partial charge < -0.3 is 10.2 Å². The van der Waals surface area contributed by atoms with E-state index in [0.29, 0.717) is 5.69 Å². The zero-order valence-corrected chi connectivity index (χ0v) is 15.3. The molecule has 0 unspecified atom stereocenters. The number of piperidine rings is 1. The Balaban J connectivity index is 1.32. The third kappa shape index (κ3) is 3.60. The lowest BCUT2D eigenvalue weighted by Crippen LogP contribution is -2.38. The van der Waals surface area contributed by atoms with E-state index in [4.69, 9.17) is 0 Å². The first-order valence-corrected chi connectivity index (χ1v) is 9.51. The summed E-state index contributed by atoms with van der Waals surface area (Å²) in [5, 5.41) is 10.2. The van der Waals surface area contributed by atoms with Crippen LogP contribution in [-0.2, 0) is 4.79 Å². The summed E-state index contributed by atoms with van der Waals surface area (Å²) in [7, 11) is 0. The van der Waals surface area contributed by atoms with E-state index in [-0.39, 0.29) is 11.8 Å². The second-order valence-electron chi connectivity index (χ2n) is 6.38. The number of hydrogen-bond donors (Lipinski definition) is 1. The SMILES string of the molecule is Cc1csc(N2CCC(C(=O)Nc3ccc(-n4cccn4)nc3)CC2)n1. The van der Waals surface area contributed by atoms with Crippen LogP contribution in [0, 0.1) is 12.8 Å². The fourth-order valence-electron chi connectivity index (χ4n) is 3.06. The Kier molecular flexibility index (Phi) is 4.66. The van der Waals surface area contributed by atoms with Gasteiger partial charge >= 0.3 is 0 Å².